The minimum absolute atomic E-state index is 0.0131. The number of fused-ring (bicyclic) bond motifs is 2. The number of hydrazine groups is 1. The number of pyridine rings is 1. The number of ether oxygens (including phenoxy) is 1. The van der Waals surface area contributed by atoms with E-state index >= 15 is 0 Å². The molecule has 0 aliphatic carbocycles. The molecule has 9 nitrogen and oxygen atoms in total. The van der Waals surface area contributed by atoms with Crippen LogP contribution in [0, 0.1) is 0 Å². The first-order valence-corrected chi connectivity index (χ1v) is 11.9. The molecular formula is C23H24N4O5S. The molecule has 10 heteroatoms. The molecule has 2 N–H and O–H groups in total. The van der Waals surface area contributed by atoms with Gasteiger partial charge in [-0.1, -0.05) is 42.5 Å². The third-order valence-electron chi connectivity index (χ3n) is 5.40. The van der Waals surface area contributed by atoms with Crippen molar-refractivity contribution >= 4 is 32.7 Å². The summed E-state index contributed by atoms with van der Waals surface area (Å²) in [5, 5.41) is 0.697. The largest absolute Gasteiger partial charge is 0.375 e. The molecular weight excluding hydrogens is 444 g/mol. The first-order chi connectivity index (χ1) is 15.9. The number of sulfonamides is 1. The van der Waals surface area contributed by atoms with Crippen LogP contribution in [0.4, 0.5) is 0 Å². The van der Waals surface area contributed by atoms with E-state index in [1.165, 1.54) is 17.3 Å². The highest BCUT2D eigenvalue weighted by Gasteiger charge is 2.36. The summed E-state index contributed by atoms with van der Waals surface area (Å²) < 4.78 is 35.0. The van der Waals surface area contributed by atoms with Crippen molar-refractivity contribution in [2.75, 3.05) is 6.61 Å². The van der Waals surface area contributed by atoms with Crippen LogP contribution in [0.3, 0.4) is 0 Å². The number of para-hydroxylation sites is 1. The Balaban J connectivity index is 1.76. The molecule has 0 radical (unpaired) electrons. The molecule has 1 aromatic heterocycles. The summed E-state index contributed by atoms with van der Waals surface area (Å²) in [7, 11) is -4.07. The van der Waals surface area contributed by atoms with Crippen molar-refractivity contribution < 1.29 is 22.7 Å². The highest BCUT2D eigenvalue weighted by molar-refractivity contribution is 7.89. The fourth-order valence-electron chi connectivity index (χ4n) is 3.81. The van der Waals surface area contributed by atoms with E-state index in [1.807, 2.05) is 24.3 Å². The average Bonchev–Trinajstić information content (AvgIpc) is 2.79. The van der Waals surface area contributed by atoms with Gasteiger partial charge in [-0.3, -0.25) is 25.4 Å². The van der Waals surface area contributed by atoms with Crippen LogP contribution in [0.15, 0.2) is 65.7 Å². The number of amides is 2. The number of hydrogen-bond donors (Lipinski definition) is 2. The number of carbonyl (C=O) groups is 2. The van der Waals surface area contributed by atoms with Crippen molar-refractivity contribution in [1.29, 1.82) is 0 Å². The smallest absolute Gasteiger partial charge is 0.245 e. The van der Waals surface area contributed by atoms with Gasteiger partial charge in [0.1, 0.15) is 4.90 Å². The van der Waals surface area contributed by atoms with Gasteiger partial charge in [0.25, 0.3) is 0 Å². The summed E-state index contributed by atoms with van der Waals surface area (Å²) in [6.45, 7) is 1.66. The Morgan fingerprint density at radius 3 is 2.61 bits per heavy atom. The van der Waals surface area contributed by atoms with Crippen molar-refractivity contribution in [3.05, 3.63) is 71.9 Å². The molecule has 4 rings (SSSR count). The van der Waals surface area contributed by atoms with Gasteiger partial charge in [0.15, 0.2) is 0 Å². The molecule has 1 aliphatic heterocycles. The van der Waals surface area contributed by atoms with Crippen molar-refractivity contribution in [1.82, 2.24) is 20.1 Å². The van der Waals surface area contributed by atoms with Gasteiger partial charge in [-0.15, -0.1) is 0 Å². The van der Waals surface area contributed by atoms with E-state index in [-0.39, 0.29) is 24.5 Å². The minimum atomic E-state index is -4.07. The Hall–Kier alpha value is -3.34. The topological polar surface area (TPSA) is 118 Å². The molecule has 33 heavy (non-hydrogen) atoms. The van der Waals surface area contributed by atoms with E-state index in [4.69, 9.17) is 4.74 Å². The number of benzene rings is 2. The maximum absolute atomic E-state index is 14.0. The van der Waals surface area contributed by atoms with Gasteiger partial charge in [0.2, 0.25) is 21.8 Å². The maximum Gasteiger partial charge on any atom is 0.245 e. The lowest BCUT2D eigenvalue weighted by molar-refractivity contribution is -0.128. The molecule has 0 saturated heterocycles. The predicted octanol–water partition coefficient (Wildman–Crippen LogP) is 1.88. The van der Waals surface area contributed by atoms with Gasteiger partial charge in [-0.25, -0.2) is 8.42 Å². The summed E-state index contributed by atoms with van der Waals surface area (Å²) in [4.78, 5) is 28.0. The zero-order chi connectivity index (χ0) is 23.4. The summed E-state index contributed by atoms with van der Waals surface area (Å²) in [6, 6.07) is 15.2. The monoisotopic (exact) mass is 468 g/mol. The Morgan fingerprint density at radius 1 is 1.06 bits per heavy atom. The van der Waals surface area contributed by atoms with Gasteiger partial charge in [-0.2, -0.15) is 4.31 Å². The summed E-state index contributed by atoms with van der Waals surface area (Å²) in [5.74, 6) is -0.957. The van der Waals surface area contributed by atoms with E-state index in [1.54, 1.807) is 30.5 Å². The van der Waals surface area contributed by atoms with Crippen LogP contribution in [0.1, 0.15) is 24.5 Å². The number of aromatic nitrogens is 1. The Morgan fingerprint density at radius 2 is 1.82 bits per heavy atom. The average molecular weight is 469 g/mol. The van der Waals surface area contributed by atoms with Crippen LogP contribution in [0.5, 0.6) is 0 Å². The van der Waals surface area contributed by atoms with E-state index in [2.05, 4.69) is 15.8 Å². The molecule has 2 amide bonds. The van der Waals surface area contributed by atoms with Crippen LogP contribution in [0.2, 0.25) is 0 Å². The first kappa shape index (κ1) is 22.8. The van der Waals surface area contributed by atoms with Crippen molar-refractivity contribution in [2.45, 2.75) is 37.4 Å². The predicted molar refractivity (Wildman–Crippen MR) is 121 cm³/mol. The quantitative estimate of drug-likeness (QED) is 0.565. The van der Waals surface area contributed by atoms with Crippen molar-refractivity contribution in [3.8, 4) is 0 Å². The second-order valence-corrected chi connectivity index (χ2v) is 9.61. The lowest BCUT2D eigenvalue weighted by Crippen LogP contribution is -2.48. The van der Waals surface area contributed by atoms with Gasteiger partial charge < -0.3 is 4.74 Å². The van der Waals surface area contributed by atoms with Crippen LogP contribution < -0.4 is 10.9 Å². The van der Waals surface area contributed by atoms with Crippen molar-refractivity contribution in [2.24, 2.45) is 0 Å². The van der Waals surface area contributed by atoms with Gasteiger partial charge in [0, 0.05) is 31.5 Å². The highest BCUT2D eigenvalue weighted by Crippen LogP contribution is 2.29. The Bertz CT molecular complexity index is 1290. The van der Waals surface area contributed by atoms with Gasteiger partial charge >= 0.3 is 0 Å². The SMILES string of the molecule is CC(=O)NNC(=O)C[C@@H]1COCc2ccccc2CN1S(=O)(=O)c1cccc2cccnc12. The van der Waals surface area contributed by atoms with Gasteiger partial charge in [-0.05, 0) is 23.3 Å². The molecule has 0 unspecified atom stereocenters. The molecule has 1 atom stereocenters. The molecule has 0 bridgehead atoms. The molecule has 172 valence electrons. The van der Waals surface area contributed by atoms with E-state index in [0.717, 1.165) is 11.1 Å². The zero-order valence-electron chi connectivity index (χ0n) is 18.0. The number of rotatable bonds is 4. The molecule has 1 aliphatic rings. The fourth-order valence-corrected chi connectivity index (χ4v) is 5.57. The van der Waals surface area contributed by atoms with E-state index < -0.39 is 27.9 Å². The molecule has 2 aromatic carbocycles. The number of nitrogens with zero attached hydrogens (tertiary/aromatic N) is 2. The second kappa shape index (κ2) is 9.65. The summed E-state index contributed by atoms with van der Waals surface area (Å²) in [6.07, 6.45) is 1.35. The van der Waals surface area contributed by atoms with Gasteiger partial charge in [0.05, 0.1) is 24.8 Å². The van der Waals surface area contributed by atoms with E-state index in [9.17, 15) is 18.0 Å². The highest BCUT2D eigenvalue weighted by atomic mass is 32.2. The first-order valence-electron chi connectivity index (χ1n) is 10.4. The number of hydrogen-bond acceptors (Lipinski definition) is 6. The molecule has 0 fully saturated rings. The normalized spacial score (nSPS) is 16.9. The Labute approximate surface area is 191 Å². The third kappa shape index (κ3) is 5.03. The molecule has 0 spiro atoms. The second-order valence-electron chi connectivity index (χ2n) is 7.75. The Kier molecular flexibility index (Phi) is 6.68. The minimum Gasteiger partial charge on any atom is -0.375 e. The molecule has 2 heterocycles. The summed E-state index contributed by atoms with van der Waals surface area (Å²) >= 11 is 0. The van der Waals surface area contributed by atoms with E-state index in [0.29, 0.717) is 17.5 Å². The fraction of sp³-hybridized carbons (Fsp3) is 0.261. The standard InChI is InChI=1S/C23H24N4O5S/c1-16(28)25-26-22(29)12-20-15-32-14-19-7-3-2-6-18(19)13-27(20)33(30,31)21-10-4-8-17-9-5-11-24-23(17)21/h2-11,20H,12-15H2,1H3,(H,25,28)(H,26,29)/t20-/m1/s1. The van der Waals surface area contributed by atoms with Crippen LogP contribution in [0.25, 0.3) is 10.9 Å². The van der Waals surface area contributed by atoms with Crippen LogP contribution >= 0.6 is 0 Å². The third-order valence-corrected chi connectivity index (χ3v) is 7.33. The maximum atomic E-state index is 14.0. The summed E-state index contributed by atoms with van der Waals surface area (Å²) in [5.41, 5.74) is 6.56. The zero-order valence-corrected chi connectivity index (χ0v) is 18.8. The van der Waals surface area contributed by atoms with Crippen molar-refractivity contribution in [3.63, 3.8) is 0 Å². The van der Waals surface area contributed by atoms with Crippen LogP contribution in [-0.2, 0) is 37.5 Å². The lowest BCUT2D eigenvalue weighted by Gasteiger charge is -2.33. The molecule has 0 saturated carbocycles. The number of nitrogens with one attached hydrogen (secondary N) is 2. The van der Waals surface area contributed by atoms with Crippen LogP contribution in [-0.4, -0.2) is 42.2 Å². The number of carbonyl (C=O) groups excluding carboxylic acids is 2. The molecule has 3 aromatic rings. The lowest BCUT2D eigenvalue weighted by atomic mass is 10.1.